The maximum absolute atomic E-state index is 6.25. The first-order valence-electron chi connectivity index (χ1n) is 7.31. The largest absolute Gasteiger partial charge is 0.486 e. The molecule has 0 bridgehead atoms. The highest BCUT2D eigenvalue weighted by Crippen LogP contribution is 2.38. The van der Waals surface area contributed by atoms with E-state index in [1.165, 1.54) is 12.8 Å². The van der Waals surface area contributed by atoms with Crippen molar-refractivity contribution in [2.24, 2.45) is 4.99 Å². The molecule has 1 fully saturated rings. The van der Waals surface area contributed by atoms with E-state index in [1.807, 2.05) is 19.2 Å². The molecule has 0 radical (unpaired) electrons. The van der Waals surface area contributed by atoms with Gasteiger partial charge in [0.1, 0.15) is 13.2 Å². The highest BCUT2D eigenvalue weighted by Gasteiger charge is 2.18. The lowest BCUT2D eigenvalue weighted by Crippen LogP contribution is -2.39. The molecular weight excluding hydrogens is 417 g/mol. The number of nitrogens with one attached hydrogen (secondary N) is 1. The van der Waals surface area contributed by atoms with Gasteiger partial charge in [-0.25, -0.2) is 0 Å². The molecule has 0 aromatic heterocycles. The van der Waals surface area contributed by atoms with E-state index in [2.05, 4.69) is 15.2 Å². The lowest BCUT2D eigenvalue weighted by Gasteiger charge is -2.22. The highest BCUT2D eigenvalue weighted by atomic mass is 127. The Morgan fingerprint density at radius 3 is 2.73 bits per heavy atom. The number of aliphatic imine (C=N–C) groups is 1. The van der Waals surface area contributed by atoms with Crippen LogP contribution in [0.1, 0.15) is 18.4 Å². The molecule has 1 saturated heterocycles. The van der Waals surface area contributed by atoms with E-state index in [0.717, 1.165) is 30.4 Å². The summed E-state index contributed by atoms with van der Waals surface area (Å²) in [4.78, 5) is 6.61. The molecule has 1 N–H and O–H groups in total. The standard InChI is InChI=1S/C15H20ClN3O2.HI/c1-17-15(19-4-2-3-5-19)18-10-11-8-12(16)14-13(9-11)20-6-7-21-14;/h8-9H,2-7,10H2,1H3,(H,17,18);1H. The first kappa shape index (κ1) is 17.5. The summed E-state index contributed by atoms with van der Waals surface area (Å²) in [5.74, 6) is 2.32. The molecule has 5 nitrogen and oxygen atoms in total. The van der Waals surface area contributed by atoms with Crippen molar-refractivity contribution >= 4 is 41.5 Å². The van der Waals surface area contributed by atoms with Gasteiger partial charge in [-0.2, -0.15) is 0 Å². The Morgan fingerprint density at radius 1 is 1.27 bits per heavy atom. The summed E-state index contributed by atoms with van der Waals surface area (Å²) in [5.41, 5.74) is 1.06. The zero-order valence-electron chi connectivity index (χ0n) is 12.6. The second kappa shape index (κ2) is 8.10. The van der Waals surface area contributed by atoms with Crippen LogP contribution in [0.4, 0.5) is 0 Å². The molecule has 1 aromatic rings. The maximum atomic E-state index is 6.25. The molecule has 1 aromatic carbocycles. The van der Waals surface area contributed by atoms with Gasteiger partial charge in [0.2, 0.25) is 0 Å². The van der Waals surface area contributed by atoms with Gasteiger partial charge in [-0.3, -0.25) is 4.99 Å². The fourth-order valence-electron chi connectivity index (χ4n) is 2.71. The Bertz CT molecular complexity index is 548. The summed E-state index contributed by atoms with van der Waals surface area (Å²) in [7, 11) is 1.82. The van der Waals surface area contributed by atoms with Crippen LogP contribution < -0.4 is 14.8 Å². The molecule has 0 unspecified atom stereocenters. The Kier molecular flexibility index (Phi) is 6.43. The number of benzene rings is 1. The zero-order valence-corrected chi connectivity index (χ0v) is 15.7. The van der Waals surface area contributed by atoms with Gasteiger partial charge in [0.05, 0.1) is 5.02 Å². The van der Waals surface area contributed by atoms with Crippen LogP contribution in [0.25, 0.3) is 0 Å². The molecule has 0 amide bonds. The molecule has 0 atom stereocenters. The topological polar surface area (TPSA) is 46.1 Å². The van der Waals surface area contributed by atoms with Crippen molar-refractivity contribution in [1.82, 2.24) is 10.2 Å². The van der Waals surface area contributed by atoms with Gasteiger partial charge < -0.3 is 19.7 Å². The van der Waals surface area contributed by atoms with Crippen molar-refractivity contribution in [3.63, 3.8) is 0 Å². The predicted molar refractivity (Wildman–Crippen MR) is 98.9 cm³/mol. The molecule has 122 valence electrons. The third kappa shape index (κ3) is 3.90. The SMILES string of the molecule is CN=C(NCc1cc(Cl)c2c(c1)OCCO2)N1CCCC1.I. The molecule has 2 aliphatic heterocycles. The Balaban J connectivity index is 0.00000176. The van der Waals surface area contributed by atoms with Crippen molar-refractivity contribution in [3.05, 3.63) is 22.7 Å². The maximum Gasteiger partial charge on any atom is 0.193 e. The van der Waals surface area contributed by atoms with Crippen LogP contribution in [0.15, 0.2) is 17.1 Å². The molecule has 0 aliphatic carbocycles. The van der Waals surface area contributed by atoms with Gasteiger partial charge in [0.15, 0.2) is 17.5 Å². The first-order chi connectivity index (χ1) is 10.3. The normalized spacial score (nSPS) is 17.2. The van der Waals surface area contributed by atoms with E-state index in [9.17, 15) is 0 Å². The molecule has 3 rings (SSSR count). The number of guanidine groups is 1. The van der Waals surface area contributed by atoms with Gasteiger partial charge in [-0.05, 0) is 30.5 Å². The number of nitrogens with zero attached hydrogens (tertiary/aromatic N) is 2. The number of fused-ring (bicyclic) bond motifs is 1. The Hall–Kier alpha value is -0.890. The van der Waals surface area contributed by atoms with Gasteiger partial charge in [0.25, 0.3) is 0 Å². The minimum atomic E-state index is 0. The number of rotatable bonds is 2. The van der Waals surface area contributed by atoms with E-state index < -0.39 is 0 Å². The number of hydrogen-bond donors (Lipinski definition) is 1. The van der Waals surface area contributed by atoms with Crippen LogP contribution in [-0.4, -0.2) is 44.2 Å². The van der Waals surface area contributed by atoms with Crippen LogP contribution in [0.2, 0.25) is 5.02 Å². The van der Waals surface area contributed by atoms with Crippen LogP contribution >= 0.6 is 35.6 Å². The van der Waals surface area contributed by atoms with Crippen LogP contribution in [0.3, 0.4) is 0 Å². The molecule has 0 spiro atoms. The summed E-state index contributed by atoms with van der Waals surface area (Å²) < 4.78 is 11.1. The Labute approximate surface area is 153 Å². The molecule has 0 saturated carbocycles. The van der Waals surface area contributed by atoms with Crippen molar-refractivity contribution in [2.45, 2.75) is 19.4 Å². The van der Waals surface area contributed by atoms with E-state index in [-0.39, 0.29) is 24.0 Å². The summed E-state index contributed by atoms with van der Waals surface area (Å²) in [6.07, 6.45) is 2.47. The number of hydrogen-bond acceptors (Lipinski definition) is 3. The van der Waals surface area contributed by atoms with Crippen molar-refractivity contribution in [3.8, 4) is 11.5 Å². The molecule has 22 heavy (non-hydrogen) atoms. The molecule has 2 heterocycles. The lowest BCUT2D eigenvalue weighted by atomic mass is 10.2. The molecule has 7 heteroatoms. The first-order valence-corrected chi connectivity index (χ1v) is 7.69. The van der Waals surface area contributed by atoms with E-state index in [4.69, 9.17) is 21.1 Å². The number of halogens is 2. The second-order valence-electron chi connectivity index (χ2n) is 5.20. The van der Waals surface area contributed by atoms with Crippen molar-refractivity contribution in [1.29, 1.82) is 0 Å². The predicted octanol–water partition coefficient (Wildman–Crippen LogP) is 2.90. The molecular formula is C15H21ClIN3O2. The number of ether oxygens (including phenoxy) is 2. The van der Waals surface area contributed by atoms with Crippen molar-refractivity contribution in [2.75, 3.05) is 33.4 Å². The summed E-state index contributed by atoms with van der Waals surface area (Å²) >= 11 is 6.25. The average molecular weight is 438 g/mol. The van der Waals surface area contributed by atoms with Crippen LogP contribution in [0, 0.1) is 0 Å². The van der Waals surface area contributed by atoms with Gasteiger partial charge in [-0.15, -0.1) is 24.0 Å². The van der Waals surface area contributed by atoms with Crippen LogP contribution in [0.5, 0.6) is 11.5 Å². The van der Waals surface area contributed by atoms with Crippen LogP contribution in [-0.2, 0) is 6.54 Å². The quantitative estimate of drug-likeness (QED) is 0.439. The van der Waals surface area contributed by atoms with E-state index in [0.29, 0.717) is 30.5 Å². The third-order valence-corrected chi connectivity index (χ3v) is 4.01. The van der Waals surface area contributed by atoms with Gasteiger partial charge in [-0.1, -0.05) is 11.6 Å². The minimum Gasteiger partial charge on any atom is -0.486 e. The Morgan fingerprint density at radius 2 is 2.00 bits per heavy atom. The second-order valence-corrected chi connectivity index (χ2v) is 5.60. The van der Waals surface area contributed by atoms with Crippen molar-refractivity contribution < 1.29 is 9.47 Å². The average Bonchev–Trinajstić information content (AvgIpc) is 3.02. The number of likely N-dealkylation sites (tertiary alicyclic amines) is 1. The smallest absolute Gasteiger partial charge is 0.193 e. The van der Waals surface area contributed by atoms with E-state index >= 15 is 0 Å². The van der Waals surface area contributed by atoms with Gasteiger partial charge >= 0.3 is 0 Å². The van der Waals surface area contributed by atoms with E-state index in [1.54, 1.807) is 0 Å². The monoisotopic (exact) mass is 437 g/mol. The lowest BCUT2D eigenvalue weighted by molar-refractivity contribution is 0.171. The fourth-order valence-corrected chi connectivity index (χ4v) is 3.00. The zero-order chi connectivity index (χ0) is 14.7. The minimum absolute atomic E-state index is 0. The molecule has 2 aliphatic rings. The fraction of sp³-hybridized carbons (Fsp3) is 0.533. The summed E-state index contributed by atoms with van der Waals surface area (Å²) in [5, 5.41) is 3.98. The highest BCUT2D eigenvalue weighted by molar-refractivity contribution is 14.0. The summed E-state index contributed by atoms with van der Waals surface area (Å²) in [6, 6.07) is 3.89. The summed E-state index contributed by atoms with van der Waals surface area (Å²) in [6.45, 7) is 3.92. The third-order valence-electron chi connectivity index (χ3n) is 3.72. The van der Waals surface area contributed by atoms with Gasteiger partial charge in [0, 0.05) is 26.7 Å².